The van der Waals surface area contributed by atoms with E-state index in [1.807, 2.05) is 6.92 Å². The molecule has 230 valence electrons. The third-order valence-electron chi connectivity index (χ3n) is 9.11. The number of nitro benzene ring substituents is 1. The number of ether oxygens (including phenoxy) is 1. The number of carbonyl (C=O) groups excluding carboxylic acids is 4. The summed E-state index contributed by atoms with van der Waals surface area (Å²) < 4.78 is 5.34. The van der Waals surface area contributed by atoms with E-state index in [4.69, 9.17) is 27.9 Å². The van der Waals surface area contributed by atoms with E-state index in [0.29, 0.717) is 27.8 Å². The molecule has 1 saturated heterocycles. The standard InChI is InChI=1S/C34H23Cl2N3O7/c1-16-11-19-12-22(16)30-29(19)32(41)38(33(30)42)20-8-5-17(6-9-20)26-14-23(21-3-2-4-25(36)31(21)37-26)34(43)46-15-28(40)18-7-10-24(35)27(13-18)39(44)45/h2-11,13-14,19,22,29-30H,12,15H2,1H3. The van der Waals surface area contributed by atoms with Crippen LogP contribution in [0.5, 0.6) is 0 Å². The number of nitrogens with zero attached hydrogens (tertiary/aromatic N) is 3. The van der Waals surface area contributed by atoms with Crippen molar-refractivity contribution < 1.29 is 28.8 Å². The van der Waals surface area contributed by atoms with Crippen molar-refractivity contribution in [3.8, 4) is 11.3 Å². The molecule has 4 aromatic rings. The lowest BCUT2D eigenvalue weighted by atomic mass is 9.82. The molecule has 2 aliphatic carbocycles. The van der Waals surface area contributed by atoms with Crippen LogP contribution in [0.2, 0.25) is 10.0 Å². The van der Waals surface area contributed by atoms with Crippen LogP contribution in [0, 0.1) is 33.8 Å². The number of hydrogen-bond acceptors (Lipinski definition) is 8. The van der Waals surface area contributed by atoms with Crippen LogP contribution < -0.4 is 4.90 Å². The maximum absolute atomic E-state index is 13.4. The third-order valence-corrected chi connectivity index (χ3v) is 9.74. The lowest BCUT2D eigenvalue weighted by Gasteiger charge is -2.19. The maximum atomic E-state index is 13.4. The third kappa shape index (κ3) is 4.76. The van der Waals surface area contributed by atoms with Gasteiger partial charge in [-0.25, -0.2) is 9.78 Å². The van der Waals surface area contributed by atoms with Crippen molar-refractivity contribution in [3.63, 3.8) is 0 Å². The van der Waals surface area contributed by atoms with Crippen molar-refractivity contribution >= 4 is 69.0 Å². The Hall–Kier alpha value is -4.93. The van der Waals surface area contributed by atoms with Gasteiger partial charge in [-0.2, -0.15) is 0 Å². The zero-order valence-corrected chi connectivity index (χ0v) is 25.6. The molecule has 1 saturated carbocycles. The Morgan fingerprint density at radius 2 is 1.74 bits per heavy atom. The molecule has 4 atom stereocenters. The van der Waals surface area contributed by atoms with Crippen molar-refractivity contribution in [2.24, 2.45) is 23.7 Å². The second-order valence-corrected chi connectivity index (χ2v) is 12.5. The number of benzene rings is 3. The van der Waals surface area contributed by atoms with E-state index in [0.717, 1.165) is 12.5 Å². The lowest BCUT2D eigenvalue weighted by Crippen LogP contribution is -2.32. The molecule has 2 fully saturated rings. The molecule has 0 radical (unpaired) electrons. The fraction of sp³-hybridized carbons (Fsp3) is 0.206. The van der Waals surface area contributed by atoms with Crippen LogP contribution >= 0.6 is 23.2 Å². The molecule has 1 aromatic heterocycles. The number of aromatic nitrogens is 1. The molecule has 7 rings (SSSR count). The molecule has 3 aliphatic rings. The van der Waals surface area contributed by atoms with Gasteiger partial charge < -0.3 is 4.74 Å². The Bertz CT molecular complexity index is 2060. The number of anilines is 1. The van der Waals surface area contributed by atoms with Crippen molar-refractivity contribution in [1.29, 1.82) is 0 Å². The second-order valence-electron chi connectivity index (χ2n) is 11.6. The topological polar surface area (TPSA) is 137 Å². The normalized spacial score (nSPS) is 21.5. The number of para-hydroxylation sites is 1. The quantitative estimate of drug-likeness (QED) is 0.0526. The first-order chi connectivity index (χ1) is 22.0. The van der Waals surface area contributed by atoms with E-state index >= 15 is 0 Å². The summed E-state index contributed by atoms with van der Waals surface area (Å²) in [6, 6.07) is 16.8. The predicted molar refractivity (Wildman–Crippen MR) is 170 cm³/mol. The molecule has 2 bridgehead atoms. The number of amides is 2. The highest BCUT2D eigenvalue weighted by molar-refractivity contribution is 6.35. The van der Waals surface area contributed by atoms with Crippen LogP contribution in [0.3, 0.4) is 0 Å². The Kier molecular flexibility index (Phi) is 7.21. The summed E-state index contributed by atoms with van der Waals surface area (Å²) in [4.78, 5) is 69.3. The second kappa shape index (κ2) is 11.1. The number of allylic oxidation sites excluding steroid dienone is 2. The minimum Gasteiger partial charge on any atom is -0.454 e. The van der Waals surface area contributed by atoms with Gasteiger partial charge in [0.1, 0.15) is 5.02 Å². The highest BCUT2D eigenvalue weighted by Gasteiger charge is 2.60. The van der Waals surface area contributed by atoms with E-state index in [9.17, 15) is 29.3 Å². The number of hydrogen-bond donors (Lipinski definition) is 0. The Morgan fingerprint density at radius 3 is 2.48 bits per heavy atom. The van der Waals surface area contributed by atoms with Crippen LogP contribution in [0.1, 0.15) is 34.1 Å². The van der Waals surface area contributed by atoms with Crippen LogP contribution in [0.4, 0.5) is 11.4 Å². The van der Waals surface area contributed by atoms with Crippen LogP contribution in [-0.2, 0) is 14.3 Å². The number of halogens is 2. The van der Waals surface area contributed by atoms with Gasteiger partial charge in [-0.15, -0.1) is 0 Å². The molecule has 1 aliphatic heterocycles. The maximum Gasteiger partial charge on any atom is 0.339 e. The van der Waals surface area contributed by atoms with Gasteiger partial charge >= 0.3 is 5.97 Å². The van der Waals surface area contributed by atoms with Gasteiger partial charge in [0, 0.05) is 22.6 Å². The average molecular weight is 656 g/mol. The van der Waals surface area contributed by atoms with Gasteiger partial charge in [0.2, 0.25) is 17.6 Å². The molecular weight excluding hydrogens is 633 g/mol. The zero-order valence-electron chi connectivity index (χ0n) is 24.1. The summed E-state index contributed by atoms with van der Waals surface area (Å²) in [6.07, 6.45) is 2.98. The summed E-state index contributed by atoms with van der Waals surface area (Å²) in [7, 11) is 0. The van der Waals surface area contributed by atoms with Gasteiger partial charge in [0.05, 0.1) is 44.2 Å². The van der Waals surface area contributed by atoms with E-state index < -0.39 is 29.0 Å². The zero-order chi connectivity index (χ0) is 32.4. The molecule has 12 heteroatoms. The number of carbonyl (C=O) groups is 4. The summed E-state index contributed by atoms with van der Waals surface area (Å²) in [5.41, 5.74) is 2.54. The molecule has 46 heavy (non-hydrogen) atoms. The van der Waals surface area contributed by atoms with E-state index in [-0.39, 0.29) is 56.7 Å². The molecular formula is C34H23Cl2N3O7. The fourth-order valence-electron chi connectivity index (χ4n) is 6.96. The first kappa shape index (κ1) is 29.8. The van der Waals surface area contributed by atoms with Crippen LogP contribution in [0.25, 0.3) is 22.2 Å². The predicted octanol–water partition coefficient (Wildman–Crippen LogP) is 6.86. The molecule has 0 N–H and O–H groups in total. The number of ketones is 1. The number of fused-ring (bicyclic) bond motifs is 6. The van der Waals surface area contributed by atoms with Gasteiger partial charge in [0.25, 0.3) is 5.69 Å². The van der Waals surface area contributed by atoms with Crippen LogP contribution in [-0.4, -0.2) is 40.1 Å². The number of imide groups is 1. The van der Waals surface area contributed by atoms with Gasteiger partial charge in [-0.05, 0) is 61.6 Å². The first-order valence-electron chi connectivity index (χ1n) is 14.4. The number of rotatable bonds is 7. The van der Waals surface area contributed by atoms with Gasteiger partial charge in [0.15, 0.2) is 6.61 Å². The number of esters is 1. The Labute approximate surface area is 271 Å². The summed E-state index contributed by atoms with van der Waals surface area (Å²) in [6.45, 7) is 1.34. The number of Topliss-reactive ketones (excluding diaryl/α,β-unsaturated/α-hetero) is 1. The monoisotopic (exact) mass is 655 g/mol. The van der Waals surface area contributed by atoms with E-state index in [2.05, 4.69) is 11.1 Å². The smallest absolute Gasteiger partial charge is 0.339 e. The number of nitro groups is 1. The van der Waals surface area contributed by atoms with Crippen molar-refractivity contribution in [2.45, 2.75) is 13.3 Å². The van der Waals surface area contributed by atoms with Crippen molar-refractivity contribution in [3.05, 3.63) is 110 Å². The number of pyridine rings is 1. The van der Waals surface area contributed by atoms with Crippen LogP contribution in [0.15, 0.2) is 78.4 Å². The van der Waals surface area contributed by atoms with Gasteiger partial charge in [-0.1, -0.05) is 59.1 Å². The van der Waals surface area contributed by atoms with E-state index in [1.165, 1.54) is 28.7 Å². The summed E-state index contributed by atoms with van der Waals surface area (Å²) in [5.74, 6) is -2.27. The first-order valence-corrected chi connectivity index (χ1v) is 15.2. The SMILES string of the molecule is CC1=CC2CC1C1C(=O)N(c3ccc(-c4cc(C(=O)OCC(=O)c5ccc(Cl)c([N+](=O)[O-])c5)c5cccc(Cl)c5n4)cc3)C(=O)C21. The highest BCUT2D eigenvalue weighted by atomic mass is 35.5. The fourth-order valence-corrected chi connectivity index (χ4v) is 7.36. The minimum atomic E-state index is -0.831. The summed E-state index contributed by atoms with van der Waals surface area (Å²) >= 11 is 12.3. The summed E-state index contributed by atoms with van der Waals surface area (Å²) in [5, 5.41) is 11.8. The lowest BCUT2D eigenvalue weighted by molar-refractivity contribution is -0.384. The molecule has 2 heterocycles. The van der Waals surface area contributed by atoms with Crippen molar-refractivity contribution in [1.82, 2.24) is 4.98 Å². The molecule has 2 amide bonds. The Balaban J connectivity index is 1.15. The van der Waals surface area contributed by atoms with E-state index in [1.54, 1.807) is 42.5 Å². The Morgan fingerprint density at radius 1 is 1.00 bits per heavy atom. The van der Waals surface area contributed by atoms with Gasteiger partial charge in [-0.3, -0.25) is 29.4 Å². The highest BCUT2D eigenvalue weighted by Crippen LogP contribution is 2.56. The molecule has 0 spiro atoms. The average Bonchev–Trinajstić information content (AvgIpc) is 3.69. The van der Waals surface area contributed by atoms with Crippen molar-refractivity contribution in [2.75, 3.05) is 11.5 Å². The molecule has 3 aromatic carbocycles. The largest absolute Gasteiger partial charge is 0.454 e. The molecule has 10 nitrogen and oxygen atoms in total. The minimum absolute atomic E-state index is 0.0371. The molecule has 4 unspecified atom stereocenters.